The van der Waals surface area contributed by atoms with Gasteiger partial charge in [0.1, 0.15) is 5.75 Å². The molecule has 0 saturated carbocycles. The Morgan fingerprint density at radius 2 is 1.74 bits per heavy atom. The van der Waals surface area contributed by atoms with Gasteiger partial charge in [-0.2, -0.15) is 0 Å². The van der Waals surface area contributed by atoms with Crippen molar-refractivity contribution in [2.45, 2.75) is 11.3 Å². The van der Waals surface area contributed by atoms with Crippen LogP contribution in [0, 0.1) is 0 Å². The van der Waals surface area contributed by atoms with E-state index in [0.717, 1.165) is 10.9 Å². The third-order valence-corrected chi connectivity index (χ3v) is 5.37. The number of carbonyl (C=O) groups is 1. The lowest BCUT2D eigenvalue weighted by atomic mass is 10.3. The number of methoxy groups -OCH3 is 1. The van der Waals surface area contributed by atoms with Crippen LogP contribution in [0.4, 0.5) is 5.69 Å². The maximum Gasteiger partial charge on any atom is 0.261 e. The average molecular weight is 457 g/mol. The Labute approximate surface area is 167 Å². The van der Waals surface area contributed by atoms with E-state index in [1.54, 1.807) is 31.4 Å². The van der Waals surface area contributed by atoms with Crippen LogP contribution in [-0.4, -0.2) is 41.2 Å². The number of rotatable bonds is 10. The van der Waals surface area contributed by atoms with Crippen LogP contribution >= 0.6 is 15.9 Å². The normalized spacial score (nSPS) is 11.0. The van der Waals surface area contributed by atoms with Gasteiger partial charge >= 0.3 is 0 Å². The highest BCUT2D eigenvalue weighted by Gasteiger charge is 2.14. The quantitative estimate of drug-likeness (QED) is 0.536. The number of carbonyl (C=O) groups excluding carboxylic acids is 1. The van der Waals surface area contributed by atoms with Crippen molar-refractivity contribution >= 4 is 37.5 Å². The second-order valence-electron chi connectivity index (χ2n) is 5.57. The highest BCUT2D eigenvalue weighted by Crippen LogP contribution is 2.20. The van der Waals surface area contributed by atoms with E-state index < -0.39 is 10.0 Å². The van der Waals surface area contributed by atoms with Crippen molar-refractivity contribution in [1.82, 2.24) is 5.32 Å². The SMILES string of the molecule is COCCCNC(=O)COc1ccc(S(=O)(=O)Nc2ccc(Br)cc2)cc1. The van der Waals surface area contributed by atoms with Crippen LogP contribution in [0.15, 0.2) is 57.9 Å². The third kappa shape index (κ3) is 7.20. The Balaban J connectivity index is 1.88. The Bertz CT molecular complexity index is 839. The van der Waals surface area contributed by atoms with Gasteiger partial charge in [0.05, 0.1) is 4.90 Å². The zero-order valence-corrected chi connectivity index (χ0v) is 17.2. The Hall–Kier alpha value is -2.10. The molecule has 0 radical (unpaired) electrons. The van der Waals surface area contributed by atoms with Crippen molar-refractivity contribution in [3.63, 3.8) is 0 Å². The van der Waals surface area contributed by atoms with E-state index in [1.165, 1.54) is 24.3 Å². The number of halogens is 1. The van der Waals surface area contributed by atoms with E-state index in [2.05, 4.69) is 26.0 Å². The molecule has 0 aliphatic heterocycles. The minimum absolute atomic E-state index is 0.0989. The van der Waals surface area contributed by atoms with Gasteiger partial charge in [0.2, 0.25) is 0 Å². The summed E-state index contributed by atoms with van der Waals surface area (Å²) in [6.45, 7) is 0.941. The molecule has 7 nitrogen and oxygen atoms in total. The predicted molar refractivity (Wildman–Crippen MR) is 106 cm³/mol. The fourth-order valence-electron chi connectivity index (χ4n) is 2.09. The molecule has 146 valence electrons. The fraction of sp³-hybridized carbons (Fsp3) is 0.278. The summed E-state index contributed by atoms with van der Waals surface area (Å²) in [5.74, 6) is 0.157. The molecule has 1 amide bonds. The van der Waals surface area contributed by atoms with Gasteiger partial charge in [-0.25, -0.2) is 8.42 Å². The first-order valence-electron chi connectivity index (χ1n) is 8.17. The van der Waals surface area contributed by atoms with Gasteiger partial charge in [0, 0.05) is 30.4 Å². The number of nitrogens with one attached hydrogen (secondary N) is 2. The molecule has 0 saturated heterocycles. The molecule has 2 aromatic rings. The number of sulfonamides is 1. The van der Waals surface area contributed by atoms with Crippen LogP contribution in [0.2, 0.25) is 0 Å². The molecule has 0 atom stereocenters. The second-order valence-corrected chi connectivity index (χ2v) is 8.17. The fourth-order valence-corrected chi connectivity index (χ4v) is 3.41. The maximum absolute atomic E-state index is 12.4. The summed E-state index contributed by atoms with van der Waals surface area (Å²) in [5.41, 5.74) is 0.462. The zero-order chi connectivity index (χ0) is 19.7. The average Bonchev–Trinajstić information content (AvgIpc) is 2.65. The lowest BCUT2D eigenvalue weighted by Gasteiger charge is -2.10. The number of benzene rings is 2. The summed E-state index contributed by atoms with van der Waals surface area (Å²) >= 11 is 3.30. The van der Waals surface area contributed by atoms with Crippen LogP contribution in [0.3, 0.4) is 0 Å². The summed E-state index contributed by atoms with van der Waals surface area (Å²) in [4.78, 5) is 11.7. The zero-order valence-electron chi connectivity index (χ0n) is 14.8. The molecule has 2 N–H and O–H groups in total. The van der Waals surface area contributed by atoms with E-state index in [4.69, 9.17) is 9.47 Å². The molecule has 0 spiro atoms. The summed E-state index contributed by atoms with van der Waals surface area (Å²) in [6.07, 6.45) is 0.722. The van der Waals surface area contributed by atoms with Gasteiger partial charge in [-0.1, -0.05) is 15.9 Å². The summed E-state index contributed by atoms with van der Waals surface area (Å²) in [6, 6.07) is 12.7. The monoisotopic (exact) mass is 456 g/mol. The van der Waals surface area contributed by atoms with Crippen molar-refractivity contribution in [1.29, 1.82) is 0 Å². The van der Waals surface area contributed by atoms with E-state index in [-0.39, 0.29) is 17.4 Å². The van der Waals surface area contributed by atoms with E-state index in [1.807, 2.05) is 0 Å². The number of amides is 1. The largest absolute Gasteiger partial charge is 0.484 e. The molecule has 9 heteroatoms. The number of ether oxygens (including phenoxy) is 2. The number of hydrogen-bond acceptors (Lipinski definition) is 5. The first kappa shape index (κ1) is 21.2. The molecular weight excluding hydrogens is 436 g/mol. The highest BCUT2D eigenvalue weighted by atomic mass is 79.9. The van der Waals surface area contributed by atoms with Crippen molar-refractivity contribution in [2.75, 3.05) is 31.6 Å². The van der Waals surface area contributed by atoms with Crippen molar-refractivity contribution in [3.05, 3.63) is 53.0 Å². The van der Waals surface area contributed by atoms with Crippen molar-refractivity contribution in [2.24, 2.45) is 0 Å². The van der Waals surface area contributed by atoms with Crippen LogP contribution in [0.5, 0.6) is 5.75 Å². The van der Waals surface area contributed by atoms with Crippen LogP contribution in [0.25, 0.3) is 0 Å². The molecular formula is C18H21BrN2O5S. The van der Waals surface area contributed by atoms with Crippen LogP contribution in [-0.2, 0) is 19.6 Å². The summed E-state index contributed by atoms with van der Waals surface area (Å²) < 4.78 is 38.4. The van der Waals surface area contributed by atoms with Gasteiger partial charge in [0.15, 0.2) is 6.61 Å². The van der Waals surface area contributed by atoms with Gasteiger partial charge in [-0.3, -0.25) is 9.52 Å². The molecule has 27 heavy (non-hydrogen) atoms. The molecule has 0 aromatic heterocycles. The third-order valence-electron chi connectivity index (χ3n) is 3.45. The Kier molecular flexibility index (Phi) is 8.08. The molecule has 0 heterocycles. The maximum atomic E-state index is 12.4. The van der Waals surface area contributed by atoms with Crippen molar-refractivity contribution in [3.8, 4) is 5.75 Å². The molecule has 0 bridgehead atoms. The minimum Gasteiger partial charge on any atom is -0.484 e. The smallest absolute Gasteiger partial charge is 0.261 e. The first-order valence-corrected chi connectivity index (χ1v) is 10.5. The lowest BCUT2D eigenvalue weighted by Crippen LogP contribution is -2.30. The number of hydrogen-bond donors (Lipinski definition) is 2. The molecule has 0 aliphatic rings. The highest BCUT2D eigenvalue weighted by molar-refractivity contribution is 9.10. The van der Waals surface area contributed by atoms with Crippen LogP contribution < -0.4 is 14.8 Å². The Morgan fingerprint density at radius 1 is 1.07 bits per heavy atom. The molecule has 0 aliphatic carbocycles. The van der Waals surface area contributed by atoms with E-state index in [9.17, 15) is 13.2 Å². The molecule has 2 aromatic carbocycles. The van der Waals surface area contributed by atoms with Crippen LogP contribution in [0.1, 0.15) is 6.42 Å². The minimum atomic E-state index is -3.70. The van der Waals surface area contributed by atoms with Gasteiger partial charge in [-0.15, -0.1) is 0 Å². The molecule has 0 fully saturated rings. The van der Waals surface area contributed by atoms with Crippen molar-refractivity contribution < 1.29 is 22.7 Å². The number of anilines is 1. The molecule has 2 rings (SSSR count). The van der Waals surface area contributed by atoms with Gasteiger partial charge in [0.25, 0.3) is 15.9 Å². The standard InChI is InChI=1S/C18H21BrN2O5S/c1-25-12-2-11-20-18(22)13-26-16-7-9-17(10-8-16)27(23,24)21-15-5-3-14(19)4-6-15/h3-10,21H,2,11-13H2,1H3,(H,20,22). The predicted octanol–water partition coefficient (Wildman–Crippen LogP) is 2.78. The van der Waals surface area contributed by atoms with E-state index in [0.29, 0.717) is 24.6 Å². The summed E-state index contributed by atoms with van der Waals surface area (Å²) in [5, 5.41) is 2.70. The van der Waals surface area contributed by atoms with Gasteiger partial charge in [-0.05, 0) is 55.0 Å². The first-order chi connectivity index (χ1) is 12.9. The lowest BCUT2D eigenvalue weighted by molar-refractivity contribution is -0.123. The molecule has 0 unspecified atom stereocenters. The Morgan fingerprint density at radius 3 is 2.37 bits per heavy atom. The van der Waals surface area contributed by atoms with E-state index >= 15 is 0 Å². The second kappa shape index (κ2) is 10.3. The summed E-state index contributed by atoms with van der Waals surface area (Å²) in [7, 11) is -2.10. The van der Waals surface area contributed by atoms with Gasteiger partial charge < -0.3 is 14.8 Å². The topological polar surface area (TPSA) is 93.7 Å².